The van der Waals surface area contributed by atoms with Crippen LogP contribution in [0.3, 0.4) is 0 Å². The molecule has 2 aromatic rings. The second kappa shape index (κ2) is 3.82. The minimum Gasteiger partial charge on any atom is -0.407 e. The predicted molar refractivity (Wildman–Crippen MR) is 59.2 cm³/mol. The Labute approximate surface area is 90.4 Å². The molecule has 0 amide bonds. The maximum Gasteiger partial charge on any atom is 0.426 e. The summed E-state index contributed by atoms with van der Waals surface area (Å²) in [4.78, 5) is 23.1. The molecule has 1 heterocycles. The monoisotopic (exact) mass is 221 g/mol. The van der Waals surface area contributed by atoms with Gasteiger partial charge in [-0.1, -0.05) is 0 Å². The summed E-state index contributed by atoms with van der Waals surface area (Å²) in [6, 6.07) is 4.68. The smallest absolute Gasteiger partial charge is 0.407 e. The van der Waals surface area contributed by atoms with Gasteiger partial charge >= 0.3 is 5.76 Å². The molecule has 0 spiro atoms. The van der Waals surface area contributed by atoms with Crippen LogP contribution in [-0.2, 0) is 0 Å². The lowest BCUT2D eigenvalue weighted by Gasteiger charge is -1.98. The molecule has 16 heavy (non-hydrogen) atoms. The number of carbonyl (C=O) groups is 1. The van der Waals surface area contributed by atoms with Gasteiger partial charge in [-0.3, -0.25) is 4.79 Å². The second-order valence-corrected chi connectivity index (χ2v) is 3.36. The van der Waals surface area contributed by atoms with E-state index in [1.165, 1.54) is 6.07 Å². The number of rotatable bonds is 2. The fourth-order valence-corrected chi connectivity index (χ4v) is 1.51. The van der Waals surface area contributed by atoms with Gasteiger partial charge in [0.15, 0.2) is 5.58 Å². The Morgan fingerprint density at radius 3 is 2.88 bits per heavy atom. The van der Waals surface area contributed by atoms with E-state index in [1.54, 1.807) is 12.1 Å². The summed E-state index contributed by atoms with van der Waals surface area (Å²) in [7, 11) is 0. The molecule has 0 atom stereocenters. The first-order chi connectivity index (χ1) is 7.63. The highest BCUT2D eigenvalue weighted by atomic mass is 16.4. The molecule has 2 rings (SSSR count). The van der Waals surface area contributed by atoms with E-state index in [0.29, 0.717) is 16.8 Å². The number of hydrogen-bond acceptors (Lipinski definition) is 5. The van der Waals surface area contributed by atoms with Gasteiger partial charge in [0.05, 0.1) is 5.52 Å². The molecule has 84 valence electrons. The molecule has 0 unspecified atom stereocenters. The van der Waals surface area contributed by atoms with E-state index in [4.69, 9.17) is 15.9 Å². The van der Waals surface area contributed by atoms with Crippen molar-refractivity contribution in [1.82, 2.24) is 4.57 Å². The van der Waals surface area contributed by atoms with Crippen LogP contribution in [0.1, 0.15) is 11.2 Å². The molecule has 6 heteroatoms. The number of nitrogens with two attached hydrogens (primary N) is 2. The Kier molecular flexibility index (Phi) is 2.49. The Hall–Kier alpha value is -2.08. The van der Waals surface area contributed by atoms with E-state index in [-0.39, 0.29) is 18.9 Å². The van der Waals surface area contributed by atoms with E-state index >= 15 is 0 Å². The topological polar surface area (TPSA) is 104 Å². The molecule has 0 saturated heterocycles. The van der Waals surface area contributed by atoms with E-state index in [1.807, 2.05) is 0 Å². The highest BCUT2D eigenvalue weighted by molar-refractivity contribution is 5.90. The number of anilines is 1. The Morgan fingerprint density at radius 1 is 1.44 bits per heavy atom. The second-order valence-electron chi connectivity index (χ2n) is 3.36. The van der Waals surface area contributed by atoms with Gasteiger partial charge in [-0.15, -0.1) is 0 Å². The molecule has 0 aliphatic rings. The summed E-state index contributed by atoms with van der Waals surface area (Å²) in [6.07, 6.45) is 0.0961. The highest BCUT2D eigenvalue weighted by Gasteiger charge is 2.14. The van der Waals surface area contributed by atoms with Crippen LogP contribution < -0.4 is 17.2 Å². The van der Waals surface area contributed by atoms with Gasteiger partial charge in [0.25, 0.3) is 0 Å². The zero-order chi connectivity index (χ0) is 11.7. The van der Waals surface area contributed by atoms with Crippen molar-refractivity contribution < 1.29 is 9.21 Å². The van der Waals surface area contributed by atoms with Crippen LogP contribution >= 0.6 is 0 Å². The summed E-state index contributed by atoms with van der Waals surface area (Å²) >= 11 is 0. The average Bonchev–Trinajstić information content (AvgIpc) is 2.53. The number of nitrogens with zero attached hydrogens (tertiary/aromatic N) is 1. The zero-order valence-electron chi connectivity index (χ0n) is 8.47. The number of benzene rings is 1. The van der Waals surface area contributed by atoms with Crippen LogP contribution in [0, 0.1) is 0 Å². The molecule has 0 bridgehead atoms. The van der Waals surface area contributed by atoms with Crippen molar-refractivity contribution in [2.75, 3.05) is 12.3 Å². The first kappa shape index (κ1) is 10.4. The normalized spacial score (nSPS) is 10.8. The zero-order valence-corrected chi connectivity index (χ0v) is 8.47. The third-order valence-electron chi connectivity index (χ3n) is 2.21. The van der Waals surface area contributed by atoms with Crippen molar-refractivity contribution >= 4 is 22.7 Å². The molecule has 1 aromatic carbocycles. The molecular weight excluding hydrogens is 210 g/mol. The Morgan fingerprint density at radius 2 is 2.19 bits per heavy atom. The van der Waals surface area contributed by atoms with Crippen LogP contribution in [0.15, 0.2) is 27.4 Å². The van der Waals surface area contributed by atoms with Gasteiger partial charge in [0, 0.05) is 24.7 Å². The molecule has 6 nitrogen and oxygen atoms in total. The van der Waals surface area contributed by atoms with Gasteiger partial charge in [-0.25, -0.2) is 9.36 Å². The fraction of sp³-hybridized carbons (Fsp3) is 0.200. The molecule has 0 saturated carbocycles. The maximum absolute atomic E-state index is 11.6. The number of fused-ring (bicyclic) bond motifs is 1. The third-order valence-corrected chi connectivity index (χ3v) is 2.21. The third kappa shape index (κ3) is 1.59. The van der Waals surface area contributed by atoms with Gasteiger partial charge in [0.1, 0.15) is 0 Å². The van der Waals surface area contributed by atoms with E-state index in [9.17, 15) is 9.59 Å². The van der Waals surface area contributed by atoms with Crippen molar-refractivity contribution in [2.45, 2.75) is 6.42 Å². The molecule has 0 fully saturated rings. The predicted octanol–water partition coefficient (Wildman–Crippen LogP) is 0.166. The van der Waals surface area contributed by atoms with Gasteiger partial charge in [-0.2, -0.15) is 0 Å². The summed E-state index contributed by atoms with van der Waals surface area (Å²) in [5, 5.41) is 0. The summed E-state index contributed by atoms with van der Waals surface area (Å²) < 4.78 is 5.89. The summed E-state index contributed by atoms with van der Waals surface area (Å²) in [6.45, 7) is 0.187. The first-order valence-electron chi connectivity index (χ1n) is 4.78. The summed E-state index contributed by atoms with van der Waals surface area (Å²) in [5.74, 6) is -1.09. The largest absolute Gasteiger partial charge is 0.426 e. The number of aromatic nitrogens is 1. The van der Waals surface area contributed by atoms with Crippen molar-refractivity contribution in [3.05, 3.63) is 28.7 Å². The van der Waals surface area contributed by atoms with Crippen LogP contribution in [0.2, 0.25) is 0 Å². The lowest BCUT2D eigenvalue weighted by Crippen LogP contribution is -2.24. The number of carbonyl (C=O) groups excluding carboxylic acids is 1. The van der Waals surface area contributed by atoms with Crippen molar-refractivity contribution in [1.29, 1.82) is 0 Å². The average molecular weight is 221 g/mol. The van der Waals surface area contributed by atoms with Crippen molar-refractivity contribution in [3.8, 4) is 0 Å². The van der Waals surface area contributed by atoms with Gasteiger partial charge in [-0.05, 0) is 12.1 Å². The quantitative estimate of drug-likeness (QED) is 0.703. The van der Waals surface area contributed by atoms with E-state index in [0.717, 1.165) is 4.57 Å². The van der Waals surface area contributed by atoms with Crippen molar-refractivity contribution in [3.63, 3.8) is 0 Å². The van der Waals surface area contributed by atoms with Gasteiger partial charge in [0.2, 0.25) is 5.91 Å². The minimum atomic E-state index is -0.709. The maximum atomic E-state index is 11.6. The molecule has 0 aliphatic carbocycles. The Bertz CT molecular complexity index is 597. The van der Waals surface area contributed by atoms with Crippen LogP contribution in [0.25, 0.3) is 11.1 Å². The minimum absolute atomic E-state index is 0.0961. The molecular formula is C10H11N3O3. The molecule has 0 aliphatic heterocycles. The number of nitrogen functional groups attached to an aromatic ring is 1. The lowest BCUT2D eigenvalue weighted by atomic mass is 10.3. The summed E-state index contributed by atoms with van der Waals surface area (Å²) in [5.41, 5.74) is 12.0. The molecule has 1 aromatic heterocycles. The lowest BCUT2D eigenvalue weighted by molar-refractivity contribution is 0.0902. The van der Waals surface area contributed by atoms with Crippen LogP contribution in [0.5, 0.6) is 0 Å². The SMILES string of the molecule is NCCC(=O)n1c(=O)oc2cc(N)ccc21. The Balaban J connectivity index is 2.65. The standard InChI is InChI=1S/C10H11N3O3/c11-4-3-9(14)13-7-2-1-6(12)5-8(7)16-10(13)15/h1-2,5H,3-4,11-12H2. The fourth-order valence-electron chi connectivity index (χ4n) is 1.51. The first-order valence-corrected chi connectivity index (χ1v) is 4.78. The van der Waals surface area contributed by atoms with Crippen molar-refractivity contribution in [2.24, 2.45) is 5.73 Å². The molecule has 4 N–H and O–H groups in total. The van der Waals surface area contributed by atoms with E-state index in [2.05, 4.69) is 0 Å². The van der Waals surface area contributed by atoms with Crippen LogP contribution in [-0.4, -0.2) is 17.0 Å². The van der Waals surface area contributed by atoms with Crippen LogP contribution in [0.4, 0.5) is 5.69 Å². The molecule has 0 radical (unpaired) electrons. The highest BCUT2D eigenvalue weighted by Crippen LogP contribution is 2.16. The van der Waals surface area contributed by atoms with E-state index < -0.39 is 5.76 Å². The number of oxazole rings is 1. The van der Waals surface area contributed by atoms with Gasteiger partial charge < -0.3 is 15.9 Å². The number of hydrogen-bond donors (Lipinski definition) is 2.